The summed E-state index contributed by atoms with van der Waals surface area (Å²) in [5, 5.41) is 7.84. The van der Waals surface area contributed by atoms with Crippen LogP contribution in [-0.4, -0.2) is 30.8 Å². The fourth-order valence-corrected chi connectivity index (χ4v) is 1.51. The van der Waals surface area contributed by atoms with Crippen LogP contribution >= 0.6 is 12.2 Å². The zero-order chi connectivity index (χ0) is 12.3. The standard InChI is InChI=1S/C13H18N2OS/c16-13(10-14-7-4-8-17)11-15-9-12-5-2-1-3-6-12/h1-3,5-6,8,14-15H,4,7,9-11H2. The average molecular weight is 250 g/mol. The number of carbonyl (C=O) groups excluding carboxylic acids is 1. The summed E-state index contributed by atoms with van der Waals surface area (Å²) in [6.45, 7) is 2.31. The molecule has 1 rings (SSSR count). The molecule has 0 saturated carbocycles. The van der Waals surface area contributed by atoms with E-state index in [1.54, 1.807) is 5.37 Å². The first-order valence-corrected chi connectivity index (χ1v) is 6.21. The van der Waals surface area contributed by atoms with E-state index in [1.807, 2.05) is 30.3 Å². The lowest BCUT2D eigenvalue weighted by Crippen LogP contribution is -2.31. The maximum Gasteiger partial charge on any atom is 0.160 e. The first-order chi connectivity index (χ1) is 8.33. The van der Waals surface area contributed by atoms with E-state index in [2.05, 4.69) is 10.6 Å². The Morgan fingerprint density at radius 1 is 1.18 bits per heavy atom. The van der Waals surface area contributed by atoms with Crippen molar-refractivity contribution in [2.24, 2.45) is 0 Å². The van der Waals surface area contributed by atoms with Gasteiger partial charge >= 0.3 is 0 Å². The van der Waals surface area contributed by atoms with Crippen LogP contribution in [0.15, 0.2) is 30.3 Å². The molecule has 0 amide bonds. The van der Waals surface area contributed by atoms with Crippen molar-refractivity contribution in [3.63, 3.8) is 0 Å². The zero-order valence-corrected chi connectivity index (χ0v) is 10.6. The number of hydrogen-bond donors (Lipinski definition) is 2. The minimum Gasteiger partial charge on any atom is -0.310 e. The van der Waals surface area contributed by atoms with Crippen molar-refractivity contribution in [3.8, 4) is 0 Å². The fourth-order valence-electron chi connectivity index (χ4n) is 1.39. The molecular weight excluding hydrogens is 232 g/mol. The summed E-state index contributed by atoms with van der Waals surface area (Å²) in [6, 6.07) is 10.0. The summed E-state index contributed by atoms with van der Waals surface area (Å²) < 4.78 is 0. The van der Waals surface area contributed by atoms with Crippen LogP contribution in [0.25, 0.3) is 0 Å². The lowest BCUT2D eigenvalue weighted by atomic mass is 10.2. The van der Waals surface area contributed by atoms with Crippen LogP contribution in [0.3, 0.4) is 0 Å². The van der Waals surface area contributed by atoms with Crippen molar-refractivity contribution in [2.45, 2.75) is 13.0 Å². The van der Waals surface area contributed by atoms with Crippen molar-refractivity contribution in [3.05, 3.63) is 35.9 Å². The maximum atomic E-state index is 11.4. The normalized spacial score (nSPS) is 10.1. The molecule has 1 aromatic rings. The molecule has 0 aliphatic heterocycles. The van der Waals surface area contributed by atoms with Crippen molar-refractivity contribution in [1.82, 2.24) is 10.6 Å². The van der Waals surface area contributed by atoms with Crippen LogP contribution in [0.5, 0.6) is 0 Å². The highest BCUT2D eigenvalue weighted by Crippen LogP contribution is 1.96. The third-order valence-electron chi connectivity index (χ3n) is 2.26. The Bertz CT molecular complexity index is 341. The fraction of sp³-hybridized carbons (Fsp3) is 0.385. The molecule has 0 aromatic heterocycles. The number of carbonyl (C=O) groups is 1. The maximum absolute atomic E-state index is 11.4. The first kappa shape index (κ1) is 14.0. The average Bonchev–Trinajstić information content (AvgIpc) is 2.36. The van der Waals surface area contributed by atoms with E-state index in [0.29, 0.717) is 13.1 Å². The van der Waals surface area contributed by atoms with E-state index in [9.17, 15) is 4.79 Å². The second-order valence-corrected chi connectivity index (χ2v) is 4.09. The highest BCUT2D eigenvalue weighted by molar-refractivity contribution is 7.78. The lowest BCUT2D eigenvalue weighted by molar-refractivity contribution is -0.117. The number of hydrogen-bond acceptors (Lipinski definition) is 4. The number of ketones is 1. The topological polar surface area (TPSA) is 41.1 Å². The van der Waals surface area contributed by atoms with E-state index in [-0.39, 0.29) is 5.78 Å². The van der Waals surface area contributed by atoms with Crippen molar-refractivity contribution in [1.29, 1.82) is 0 Å². The predicted octanol–water partition coefficient (Wildman–Crippen LogP) is 1.32. The number of Topliss-reactive ketones (excluding diaryl/α,β-unsaturated/α-hetero) is 1. The predicted molar refractivity (Wildman–Crippen MR) is 74.3 cm³/mol. The van der Waals surface area contributed by atoms with Crippen molar-refractivity contribution >= 4 is 23.4 Å². The van der Waals surface area contributed by atoms with Crippen LogP contribution < -0.4 is 10.6 Å². The van der Waals surface area contributed by atoms with Gasteiger partial charge in [0.1, 0.15) is 0 Å². The first-order valence-electron chi connectivity index (χ1n) is 5.73. The monoisotopic (exact) mass is 250 g/mol. The minimum atomic E-state index is 0.172. The molecule has 4 heteroatoms. The second kappa shape index (κ2) is 8.98. The van der Waals surface area contributed by atoms with Crippen LogP contribution in [0.1, 0.15) is 12.0 Å². The highest BCUT2D eigenvalue weighted by Gasteiger charge is 2.00. The molecule has 2 N–H and O–H groups in total. The summed E-state index contributed by atoms with van der Waals surface area (Å²) in [5.74, 6) is 0.172. The van der Waals surface area contributed by atoms with Gasteiger partial charge in [0.25, 0.3) is 0 Å². The largest absolute Gasteiger partial charge is 0.310 e. The Kier molecular flexibility index (Phi) is 7.38. The van der Waals surface area contributed by atoms with E-state index >= 15 is 0 Å². The molecule has 0 spiro atoms. The van der Waals surface area contributed by atoms with Crippen molar-refractivity contribution in [2.75, 3.05) is 19.6 Å². The van der Waals surface area contributed by atoms with Gasteiger partial charge in [0, 0.05) is 6.54 Å². The molecule has 0 radical (unpaired) electrons. The molecule has 0 bridgehead atoms. The zero-order valence-electron chi connectivity index (χ0n) is 9.82. The van der Waals surface area contributed by atoms with Gasteiger partial charge < -0.3 is 10.6 Å². The third-order valence-corrected chi connectivity index (χ3v) is 2.49. The molecular formula is C13H18N2OS. The van der Waals surface area contributed by atoms with Gasteiger partial charge in [-0.1, -0.05) is 42.5 Å². The molecule has 0 unspecified atom stereocenters. The molecule has 0 aliphatic carbocycles. The van der Waals surface area contributed by atoms with E-state index in [0.717, 1.165) is 19.5 Å². The molecule has 3 nitrogen and oxygen atoms in total. The lowest BCUT2D eigenvalue weighted by Gasteiger charge is -2.05. The van der Waals surface area contributed by atoms with Crippen molar-refractivity contribution < 1.29 is 4.79 Å². The van der Waals surface area contributed by atoms with Gasteiger partial charge in [-0.2, -0.15) is 0 Å². The third kappa shape index (κ3) is 6.94. The quantitative estimate of drug-likeness (QED) is 0.512. The van der Waals surface area contributed by atoms with Crippen LogP contribution in [0.2, 0.25) is 0 Å². The molecule has 17 heavy (non-hydrogen) atoms. The molecule has 0 saturated heterocycles. The molecule has 0 aliphatic rings. The Morgan fingerprint density at radius 2 is 1.88 bits per heavy atom. The molecule has 1 aromatic carbocycles. The van der Waals surface area contributed by atoms with E-state index < -0.39 is 0 Å². The van der Waals surface area contributed by atoms with E-state index in [4.69, 9.17) is 12.2 Å². The van der Waals surface area contributed by atoms with Gasteiger partial charge in [0.15, 0.2) is 5.78 Å². The SMILES string of the molecule is O=C(CNCCC=S)CNCc1ccccc1. The van der Waals surface area contributed by atoms with Gasteiger partial charge in [-0.3, -0.25) is 4.79 Å². The summed E-state index contributed by atoms with van der Waals surface area (Å²) in [6.07, 6.45) is 0.820. The molecule has 0 heterocycles. The van der Waals surface area contributed by atoms with E-state index in [1.165, 1.54) is 5.56 Å². The summed E-state index contributed by atoms with van der Waals surface area (Å²) in [4.78, 5) is 11.4. The second-order valence-electron chi connectivity index (χ2n) is 3.76. The Hall–Kier alpha value is -1.10. The van der Waals surface area contributed by atoms with Gasteiger partial charge in [0.05, 0.1) is 13.1 Å². The Morgan fingerprint density at radius 3 is 2.59 bits per heavy atom. The van der Waals surface area contributed by atoms with Gasteiger partial charge in [-0.15, -0.1) is 0 Å². The van der Waals surface area contributed by atoms with Gasteiger partial charge in [0.2, 0.25) is 0 Å². The number of thiocarbonyl (C=S) groups is 1. The van der Waals surface area contributed by atoms with Crippen LogP contribution in [-0.2, 0) is 11.3 Å². The van der Waals surface area contributed by atoms with Crippen LogP contribution in [0, 0.1) is 0 Å². The smallest absolute Gasteiger partial charge is 0.160 e. The molecule has 0 atom stereocenters. The number of nitrogens with one attached hydrogen (secondary N) is 2. The number of rotatable bonds is 9. The Balaban J connectivity index is 2.06. The minimum absolute atomic E-state index is 0.172. The summed E-state index contributed by atoms with van der Waals surface area (Å²) in [5.41, 5.74) is 1.19. The number of benzene rings is 1. The molecule has 0 fully saturated rings. The Labute approximate surface area is 108 Å². The highest BCUT2D eigenvalue weighted by atomic mass is 32.1. The summed E-state index contributed by atoms with van der Waals surface area (Å²) in [7, 11) is 0. The summed E-state index contributed by atoms with van der Waals surface area (Å²) >= 11 is 4.69. The van der Waals surface area contributed by atoms with Gasteiger partial charge in [-0.25, -0.2) is 0 Å². The van der Waals surface area contributed by atoms with Gasteiger partial charge in [-0.05, 0) is 23.9 Å². The van der Waals surface area contributed by atoms with Crippen LogP contribution in [0.4, 0.5) is 0 Å². The molecule has 92 valence electrons.